The molecule has 21 heavy (non-hydrogen) atoms. The van der Waals surface area contributed by atoms with Crippen LogP contribution in [0.25, 0.3) is 5.65 Å². The number of hydrogen-bond acceptors (Lipinski definition) is 4. The predicted octanol–water partition coefficient (Wildman–Crippen LogP) is 1.42. The van der Waals surface area contributed by atoms with Crippen molar-refractivity contribution in [3.63, 3.8) is 0 Å². The van der Waals surface area contributed by atoms with E-state index in [2.05, 4.69) is 15.4 Å². The lowest BCUT2D eigenvalue weighted by Gasteiger charge is -2.03. The van der Waals surface area contributed by atoms with Gasteiger partial charge in [-0.3, -0.25) is 9.08 Å². The monoisotopic (exact) mass is 285 g/mol. The molecule has 3 rings (SSSR count). The van der Waals surface area contributed by atoms with Crippen LogP contribution in [0.2, 0.25) is 0 Å². The summed E-state index contributed by atoms with van der Waals surface area (Å²) in [4.78, 5) is 15.7. The first-order valence-corrected chi connectivity index (χ1v) is 6.58. The summed E-state index contributed by atoms with van der Waals surface area (Å²) >= 11 is 0. The molecule has 0 bridgehead atoms. The summed E-state index contributed by atoms with van der Waals surface area (Å²) in [6.07, 6.45) is 4.27. The van der Waals surface area contributed by atoms with Crippen molar-refractivity contribution in [2.24, 2.45) is 7.05 Å². The van der Waals surface area contributed by atoms with Gasteiger partial charge in [0.1, 0.15) is 5.65 Å². The molecule has 108 valence electrons. The fourth-order valence-electron chi connectivity index (χ4n) is 2.23. The molecule has 0 radical (unpaired) electrons. The van der Waals surface area contributed by atoms with Gasteiger partial charge in [0.15, 0.2) is 11.5 Å². The van der Waals surface area contributed by atoms with Crippen LogP contribution in [0.5, 0.6) is 0 Å². The molecular weight excluding hydrogens is 270 g/mol. The van der Waals surface area contributed by atoms with Gasteiger partial charge in [-0.1, -0.05) is 6.07 Å². The van der Waals surface area contributed by atoms with Gasteiger partial charge in [0.2, 0.25) is 0 Å². The number of aromatic carboxylic acids is 1. The maximum atomic E-state index is 11.4. The number of carbonyl (C=O) groups is 1. The number of nitrogens with one attached hydrogen (secondary N) is 1. The maximum Gasteiger partial charge on any atom is 0.356 e. The number of carboxylic acids is 1. The summed E-state index contributed by atoms with van der Waals surface area (Å²) in [6.45, 7) is 0.571. The molecule has 0 amide bonds. The summed E-state index contributed by atoms with van der Waals surface area (Å²) < 4.78 is 3.30. The first kappa shape index (κ1) is 13.2. The zero-order valence-electron chi connectivity index (χ0n) is 11.5. The number of hydrogen-bond donors (Lipinski definition) is 2. The minimum atomic E-state index is -1.01. The van der Waals surface area contributed by atoms with E-state index in [1.165, 1.54) is 0 Å². The number of aryl methyl sites for hydroxylation is 1. The second-order valence-electron chi connectivity index (χ2n) is 4.70. The Hall–Kier alpha value is -2.83. The maximum absolute atomic E-state index is 11.4. The Morgan fingerprint density at radius 1 is 1.33 bits per heavy atom. The summed E-state index contributed by atoms with van der Waals surface area (Å²) in [6, 6.07) is 7.31. The fourth-order valence-corrected chi connectivity index (χ4v) is 2.23. The Morgan fingerprint density at radius 3 is 2.90 bits per heavy atom. The van der Waals surface area contributed by atoms with Crippen LogP contribution in [0.3, 0.4) is 0 Å². The zero-order chi connectivity index (χ0) is 14.8. The van der Waals surface area contributed by atoms with E-state index in [9.17, 15) is 9.90 Å². The van der Waals surface area contributed by atoms with Gasteiger partial charge in [-0.15, -0.1) is 0 Å². The highest BCUT2D eigenvalue weighted by Gasteiger charge is 2.17. The molecule has 0 aliphatic carbocycles. The van der Waals surface area contributed by atoms with Gasteiger partial charge in [0.05, 0.1) is 5.69 Å². The summed E-state index contributed by atoms with van der Waals surface area (Å²) in [5.74, 6) is -0.626. The zero-order valence-corrected chi connectivity index (χ0v) is 11.5. The normalized spacial score (nSPS) is 10.9. The molecule has 0 saturated heterocycles. The van der Waals surface area contributed by atoms with Crippen LogP contribution in [0.1, 0.15) is 16.2 Å². The van der Waals surface area contributed by atoms with Gasteiger partial charge in [0, 0.05) is 32.4 Å². The molecule has 0 spiro atoms. The molecule has 0 saturated carbocycles. The number of rotatable bonds is 5. The van der Waals surface area contributed by atoms with E-state index in [4.69, 9.17) is 0 Å². The standard InChI is InChI=1S/C14H15N5O2/c1-18-9-6-10(17-18)5-7-15-13-12(14(20)21)19-8-3-2-4-11(19)16-13/h2-4,6,8-9,15H,5,7H2,1H3,(H,20,21). The van der Waals surface area contributed by atoms with Crippen molar-refractivity contribution in [3.8, 4) is 0 Å². The third-order valence-electron chi connectivity index (χ3n) is 3.17. The van der Waals surface area contributed by atoms with E-state index in [1.807, 2.05) is 25.4 Å². The molecule has 0 atom stereocenters. The van der Waals surface area contributed by atoms with E-state index in [-0.39, 0.29) is 5.69 Å². The van der Waals surface area contributed by atoms with E-state index in [1.54, 1.807) is 27.4 Å². The molecule has 2 N–H and O–H groups in total. The van der Waals surface area contributed by atoms with Crippen molar-refractivity contribution in [2.75, 3.05) is 11.9 Å². The molecule has 0 fully saturated rings. The number of anilines is 1. The van der Waals surface area contributed by atoms with Crippen LogP contribution in [0.15, 0.2) is 36.7 Å². The van der Waals surface area contributed by atoms with E-state index in [0.717, 1.165) is 5.69 Å². The molecule has 7 nitrogen and oxygen atoms in total. The second kappa shape index (κ2) is 5.28. The van der Waals surface area contributed by atoms with Crippen LogP contribution < -0.4 is 5.32 Å². The lowest BCUT2D eigenvalue weighted by molar-refractivity contribution is 0.0690. The molecule has 0 aromatic carbocycles. The lowest BCUT2D eigenvalue weighted by atomic mass is 10.3. The van der Waals surface area contributed by atoms with Gasteiger partial charge >= 0.3 is 5.97 Å². The molecule has 7 heteroatoms. The highest BCUT2D eigenvalue weighted by molar-refractivity contribution is 5.92. The van der Waals surface area contributed by atoms with Gasteiger partial charge in [-0.05, 0) is 18.2 Å². The highest BCUT2D eigenvalue weighted by atomic mass is 16.4. The molecule has 3 heterocycles. The van der Waals surface area contributed by atoms with Crippen LogP contribution in [-0.2, 0) is 13.5 Å². The number of carboxylic acid groups (broad SMARTS) is 1. The molecule has 0 aliphatic rings. The molecule has 0 aliphatic heterocycles. The smallest absolute Gasteiger partial charge is 0.356 e. The third kappa shape index (κ3) is 2.58. The van der Waals surface area contributed by atoms with Crippen molar-refractivity contribution in [3.05, 3.63) is 48.0 Å². The predicted molar refractivity (Wildman–Crippen MR) is 77.6 cm³/mol. The number of pyridine rings is 1. The minimum Gasteiger partial charge on any atom is -0.476 e. The van der Waals surface area contributed by atoms with E-state index in [0.29, 0.717) is 24.4 Å². The van der Waals surface area contributed by atoms with Gasteiger partial charge < -0.3 is 10.4 Å². The summed E-state index contributed by atoms with van der Waals surface area (Å²) in [5, 5.41) is 16.7. The first-order chi connectivity index (χ1) is 10.1. The van der Waals surface area contributed by atoms with E-state index >= 15 is 0 Å². The summed E-state index contributed by atoms with van der Waals surface area (Å²) in [5.41, 5.74) is 1.70. The van der Waals surface area contributed by atoms with Crippen molar-refractivity contribution in [2.45, 2.75) is 6.42 Å². The SMILES string of the molecule is Cn1ccc(CCNc2nc3ccccn3c2C(=O)O)n1. The molecule has 3 aromatic rings. The number of aromatic nitrogens is 4. The second-order valence-corrected chi connectivity index (χ2v) is 4.70. The Balaban J connectivity index is 1.80. The van der Waals surface area contributed by atoms with Crippen LogP contribution in [0, 0.1) is 0 Å². The van der Waals surface area contributed by atoms with Crippen LogP contribution in [-0.4, -0.2) is 36.8 Å². The average Bonchev–Trinajstić information content (AvgIpc) is 3.02. The minimum absolute atomic E-state index is 0.145. The molecular formula is C14H15N5O2. The number of nitrogens with zero attached hydrogens (tertiary/aromatic N) is 4. The Bertz CT molecular complexity index is 790. The fraction of sp³-hybridized carbons (Fsp3) is 0.214. The number of fused-ring (bicyclic) bond motifs is 1. The third-order valence-corrected chi connectivity index (χ3v) is 3.17. The number of imidazole rings is 1. The van der Waals surface area contributed by atoms with Crippen molar-refractivity contribution in [1.82, 2.24) is 19.2 Å². The Morgan fingerprint density at radius 2 is 2.19 bits per heavy atom. The Labute approximate surface area is 120 Å². The topological polar surface area (TPSA) is 84.5 Å². The summed E-state index contributed by atoms with van der Waals surface area (Å²) in [7, 11) is 1.86. The van der Waals surface area contributed by atoms with E-state index < -0.39 is 5.97 Å². The lowest BCUT2D eigenvalue weighted by Crippen LogP contribution is -2.10. The van der Waals surface area contributed by atoms with Gasteiger partial charge in [-0.2, -0.15) is 5.10 Å². The highest BCUT2D eigenvalue weighted by Crippen LogP contribution is 2.17. The van der Waals surface area contributed by atoms with Crippen molar-refractivity contribution < 1.29 is 9.90 Å². The first-order valence-electron chi connectivity index (χ1n) is 6.58. The quantitative estimate of drug-likeness (QED) is 0.740. The van der Waals surface area contributed by atoms with Crippen molar-refractivity contribution >= 4 is 17.4 Å². The van der Waals surface area contributed by atoms with Gasteiger partial charge in [0.25, 0.3) is 0 Å². The van der Waals surface area contributed by atoms with Crippen molar-refractivity contribution in [1.29, 1.82) is 0 Å². The van der Waals surface area contributed by atoms with Crippen LogP contribution >= 0.6 is 0 Å². The largest absolute Gasteiger partial charge is 0.476 e. The molecule has 0 unspecified atom stereocenters. The molecule has 3 aromatic heterocycles. The van der Waals surface area contributed by atoms with Crippen LogP contribution in [0.4, 0.5) is 5.82 Å². The Kier molecular flexibility index (Phi) is 3.31. The van der Waals surface area contributed by atoms with Gasteiger partial charge in [-0.25, -0.2) is 9.78 Å². The average molecular weight is 285 g/mol.